The first-order valence-electron chi connectivity index (χ1n) is 7.75. The van der Waals surface area contributed by atoms with Crippen LogP contribution in [0.2, 0.25) is 0 Å². The maximum absolute atomic E-state index is 11.4. The van der Waals surface area contributed by atoms with Crippen LogP contribution in [0.25, 0.3) is 0 Å². The predicted octanol–water partition coefficient (Wildman–Crippen LogP) is 0.659. The molecule has 0 aromatic carbocycles. The monoisotopic (exact) mass is 292 g/mol. The van der Waals surface area contributed by atoms with Crippen molar-refractivity contribution in [2.24, 2.45) is 5.92 Å². The lowest BCUT2D eigenvalue weighted by atomic mass is 10.0. The molecule has 6 heteroatoms. The number of piperazine rings is 1. The standard InChI is InChI=1S/C15H24N4O2/c1-12-9-17(10-14-3-4-16-21-14)11-15(12)19-7-5-18(6-8-19)13(2)20/h3-4,12,15H,5-11H2,1-2H3/t12-,15-/m0/s1. The largest absolute Gasteiger partial charge is 0.360 e. The third kappa shape index (κ3) is 3.27. The molecule has 1 aromatic heterocycles. The second kappa shape index (κ2) is 6.15. The Balaban J connectivity index is 1.53. The summed E-state index contributed by atoms with van der Waals surface area (Å²) < 4.78 is 5.20. The van der Waals surface area contributed by atoms with Crippen LogP contribution in [0.5, 0.6) is 0 Å². The van der Waals surface area contributed by atoms with E-state index >= 15 is 0 Å². The Bertz CT molecular complexity index is 468. The van der Waals surface area contributed by atoms with Crippen molar-refractivity contribution in [2.45, 2.75) is 26.4 Å². The molecule has 2 aliphatic rings. The number of hydrogen-bond acceptors (Lipinski definition) is 5. The van der Waals surface area contributed by atoms with Crippen LogP contribution in [0.3, 0.4) is 0 Å². The lowest BCUT2D eigenvalue weighted by molar-refractivity contribution is -0.130. The maximum atomic E-state index is 11.4. The van der Waals surface area contributed by atoms with Gasteiger partial charge in [-0.25, -0.2) is 0 Å². The molecule has 2 atom stereocenters. The van der Waals surface area contributed by atoms with Crippen molar-refractivity contribution in [3.63, 3.8) is 0 Å². The van der Waals surface area contributed by atoms with Crippen LogP contribution in [0, 0.1) is 5.92 Å². The summed E-state index contributed by atoms with van der Waals surface area (Å²) in [5, 5.41) is 3.77. The number of carbonyl (C=O) groups excluding carboxylic acids is 1. The highest BCUT2D eigenvalue weighted by molar-refractivity contribution is 5.73. The fourth-order valence-electron chi connectivity index (χ4n) is 3.56. The Morgan fingerprint density at radius 1 is 1.33 bits per heavy atom. The normalized spacial score (nSPS) is 28.2. The van der Waals surface area contributed by atoms with Crippen LogP contribution in [-0.4, -0.2) is 71.1 Å². The van der Waals surface area contributed by atoms with Crippen LogP contribution in [0.4, 0.5) is 0 Å². The third-order valence-electron chi connectivity index (χ3n) is 4.75. The molecule has 0 unspecified atom stereocenters. The van der Waals surface area contributed by atoms with Crippen LogP contribution >= 0.6 is 0 Å². The minimum Gasteiger partial charge on any atom is -0.360 e. The minimum absolute atomic E-state index is 0.195. The molecule has 0 saturated carbocycles. The first-order valence-corrected chi connectivity index (χ1v) is 7.75. The number of aromatic nitrogens is 1. The number of carbonyl (C=O) groups is 1. The van der Waals surface area contributed by atoms with Gasteiger partial charge < -0.3 is 9.42 Å². The molecular formula is C15H24N4O2. The molecule has 2 fully saturated rings. The minimum atomic E-state index is 0.195. The number of rotatable bonds is 3. The van der Waals surface area contributed by atoms with Crippen molar-refractivity contribution in [3.05, 3.63) is 18.0 Å². The summed E-state index contributed by atoms with van der Waals surface area (Å²) in [4.78, 5) is 18.3. The first-order chi connectivity index (χ1) is 10.1. The Hall–Kier alpha value is -1.40. The summed E-state index contributed by atoms with van der Waals surface area (Å²) >= 11 is 0. The highest BCUT2D eigenvalue weighted by Gasteiger charge is 2.35. The van der Waals surface area contributed by atoms with Gasteiger partial charge >= 0.3 is 0 Å². The lowest BCUT2D eigenvalue weighted by Crippen LogP contribution is -2.53. The number of likely N-dealkylation sites (tertiary alicyclic amines) is 1. The second-order valence-electron chi connectivity index (χ2n) is 6.26. The molecule has 1 aromatic rings. The molecule has 6 nitrogen and oxygen atoms in total. The molecule has 3 heterocycles. The van der Waals surface area contributed by atoms with E-state index in [0.29, 0.717) is 12.0 Å². The van der Waals surface area contributed by atoms with E-state index in [9.17, 15) is 4.79 Å². The van der Waals surface area contributed by atoms with Crippen molar-refractivity contribution in [3.8, 4) is 0 Å². The van der Waals surface area contributed by atoms with Crippen LogP contribution in [0.1, 0.15) is 19.6 Å². The van der Waals surface area contributed by atoms with Gasteiger partial charge in [-0.15, -0.1) is 0 Å². The zero-order chi connectivity index (χ0) is 14.8. The van der Waals surface area contributed by atoms with Gasteiger partial charge in [0.05, 0.1) is 12.7 Å². The number of nitrogens with zero attached hydrogens (tertiary/aromatic N) is 4. The molecule has 2 aliphatic heterocycles. The molecule has 21 heavy (non-hydrogen) atoms. The third-order valence-corrected chi connectivity index (χ3v) is 4.75. The maximum Gasteiger partial charge on any atom is 0.219 e. The summed E-state index contributed by atoms with van der Waals surface area (Å²) in [5.41, 5.74) is 0. The van der Waals surface area contributed by atoms with Gasteiger partial charge in [0.25, 0.3) is 0 Å². The quantitative estimate of drug-likeness (QED) is 0.819. The average Bonchev–Trinajstić information content (AvgIpc) is 3.09. The van der Waals surface area contributed by atoms with Crippen molar-refractivity contribution in [2.75, 3.05) is 39.3 Å². The van der Waals surface area contributed by atoms with Gasteiger partial charge in [-0.1, -0.05) is 12.1 Å². The number of amides is 1. The van der Waals surface area contributed by atoms with Crippen molar-refractivity contribution < 1.29 is 9.32 Å². The van der Waals surface area contributed by atoms with Crippen molar-refractivity contribution in [1.82, 2.24) is 19.9 Å². The number of hydrogen-bond donors (Lipinski definition) is 0. The van der Waals surface area contributed by atoms with Gasteiger partial charge in [0.1, 0.15) is 0 Å². The Labute approximate surface area is 125 Å². The molecular weight excluding hydrogens is 268 g/mol. The van der Waals surface area contributed by atoms with Gasteiger partial charge in [0, 0.05) is 58.3 Å². The van der Waals surface area contributed by atoms with Crippen LogP contribution in [0.15, 0.2) is 16.8 Å². The smallest absolute Gasteiger partial charge is 0.219 e. The van der Waals surface area contributed by atoms with E-state index < -0.39 is 0 Å². The van der Waals surface area contributed by atoms with Gasteiger partial charge in [-0.3, -0.25) is 14.6 Å². The summed E-state index contributed by atoms with van der Waals surface area (Å²) in [6, 6.07) is 2.52. The van der Waals surface area contributed by atoms with E-state index in [2.05, 4.69) is 21.9 Å². The van der Waals surface area contributed by atoms with Gasteiger partial charge in [0.15, 0.2) is 5.76 Å². The molecule has 0 spiro atoms. The van der Waals surface area contributed by atoms with E-state index in [1.54, 1.807) is 13.1 Å². The lowest BCUT2D eigenvalue weighted by Gasteiger charge is -2.39. The van der Waals surface area contributed by atoms with E-state index in [1.165, 1.54) is 0 Å². The van der Waals surface area contributed by atoms with Gasteiger partial charge in [-0.2, -0.15) is 0 Å². The predicted molar refractivity (Wildman–Crippen MR) is 78.6 cm³/mol. The van der Waals surface area contributed by atoms with Gasteiger partial charge in [-0.05, 0) is 5.92 Å². The Morgan fingerprint density at radius 2 is 2.10 bits per heavy atom. The van der Waals surface area contributed by atoms with Crippen molar-refractivity contribution in [1.29, 1.82) is 0 Å². The zero-order valence-electron chi connectivity index (χ0n) is 12.9. The Kier molecular flexibility index (Phi) is 4.26. The second-order valence-corrected chi connectivity index (χ2v) is 6.26. The zero-order valence-corrected chi connectivity index (χ0v) is 12.9. The molecule has 0 bridgehead atoms. The van der Waals surface area contributed by atoms with E-state index in [-0.39, 0.29) is 5.91 Å². The topological polar surface area (TPSA) is 52.8 Å². The molecule has 0 radical (unpaired) electrons. The average molecular weight is 292 g/mol. The summed E-state index contributed by atoms with van der Waals surface area (Å²) in [6.45, 7) is 10.7. The Morgan fingerprint density at radius 3 is 2.71 bits per heavy atom. The summed E-state index contributed by atoms with van der Waals surface area (Å²) in [7, 11) is 0. The molecule has 0 aliphatic carbocycles. The summed E-state index contributed by atoms with van der Waals surface area (Å²) in [5.74, 6) is 1.78. The van der Waals surface area contributed by atoms with E-state index in [1.807, 2.05) is 11.0 Å². The molecule has 1 amide bonds. The summed E-state index contributed by atoms with van der Waals surface area (Å²) in [6.07, 6.45) is 1.70. The highest BCUT2D eigenvalue weighted by atomic mass is 16.5. The molecule has 0 N–H and O–H groups in total. The fraction of sp³-hybridized carbons (Fsp3) is 0.733. The van der Waals surface area contributed by atoms with E-state index in [0.717, 1.165) is 51.6 Å². The SMILES string of the molecule is CC(=O)N1CCN([C@H]2CN(Cc3ccno3)C[C@@H]2C)CC1. The van der Waals surface area contributed by atoms with Gasteiger partial charge in [0.2, 0.25) is 5.91 Å². The highest BCUT2D eigenvalue weighted by Crippen LogP contribution is 2.24. The first kappa shape index (κ1) is 14.5. The van der Waals surface area contributed by atoms with Crippen molar-refractivity contribution >= 4 is 5.91 Å². The molecule has 116 valence electrons. The molecule has 2 saturated heterocycles. The molecule has 3 rings (SSSR count). The van der Waals surface area contributed by atoms with E-state index in [4.69, 9.17) is 4.52 Å². The van der Waals surface area contributed by atoms with Crippen LogP contribution in [-0.2, 0) is 11.3 Å². The van der Waals surface area contributed by atoms with Crippen LogP contribution < -0.4 is 0 Å². The fourth-order valence-corrected chi connectivity index (χ4v) is 3.56.